The van der Waals surface area contributed by atoms with Gasteiger partial charge in [0.15, 0.2) is 0 Å². The van der Waals surface area contributed by atoms with Crippen molar-refractivity contribution in [2.75, 3.05) is 5.73 Å². The van der Waals surface area contributed by atoms with Gasteiger partial charge in [-0.05, 0) is 17.7 Å². The highest BCUT2D eigenvalue weighted by molar-refractivity contribution is 9.10. The minimum absolute atomic E-state index is 0.498. The van der Waals surface area contributed by atoms with Crippen LogP contribution in [0.4, 0.5) is 5.82 Å². The molecule has 0 aliphatic rings. The van der Waals surface area contributed by atoms with Gasteiger partial charge in [0.2, 0.25) is 0 Å². The van der Waals surface area contributed by atoms with Gasteiger partial charge < -0.3 is 11.1 Å². The molecule has 0 saturated heterocycles. The second kappa shape index (κ2) is 5.75. The Morgan fingerprint density at radius 1 is 1.18 bits per heavy atom. The second-order valence-corrected chi connectivity index (χ2v) is 4.45. The van der Waals surface area contributed by atoms with Crippen LogP contribution in [0.3, 0.4) is 0 Å². The minimum Gasteiger partial charge on any atom is -0.384 e. The molecule has 2 rings (SSSR count). The first-order valence-electron chi connectivity index (χ1n) is 5.27. The molecule has 1 heterocycles. The van der Waals surface area contributed by atoms with Crippen LogP contribution in [0.1, 0.15) is 11.4 Å². The Kier molecular flexibility index (Phi) is 4.06. The number of nitrogens with zero attached hydrogens (tertiary/aromatic N) is 2. The number of nitrogens with one attached hydrogen (secondary N) is 1. The summed E-state index contributed by atoms with van der Waals surface area (Å²) in [4.78, 5) is 8.25. The largest absolute Gasteiger partial charge is 0.384 e. The molecule has 3 N–H and O–H groups in total. The average molecular weight is 293 g/mol. The molecule has 5 heteroatoms. The van der Waals surface area contributed by atoms with E-state index in [9.17, 15) is 0 Å². The molecule has 0 aliphatic carbocycles. The first kappa shape index (κ1) is 12.0. The smallest absolute Gasteiger partial charge is 0.144 e. The quantitative estimate of drug-likeness (QED) is 0.906. The van der Waals surface area contributed by atoms with E-state index in [-0.39, 0.29) is 0 Å². The second-order valence-electron chi connectivity index (χ2n) is 3.59. The number of nitrogens with two attached hydrogens (primary N) is 1. The average Bonchev–Trinajstić information content (AvgIpc) is 2.32. The summed E-state index contributed by atoms with van der Waals surface area (Å²) in [7, 11) is 0. The number of hydrogen-bond acceptors (Lipinski definition) is 4. The molecule has 0 atom stereocenters. The maximum Gasteiger partial charge on any atom is 0.144 e. The maximum atomic E-state index is 5.58. The molecule has 1 aromatic heterocycles. The predicted octanol–water partition coefficient (Wildman–Crippen LogP) is 2.11. The van der Waals surface area contributed by atoms with E-state index in [1.165, 1.54) is 5.56 Å². The van der Waals surface area contributed by atoms with Crippen molar-refractivity contribution in [3.8, 4) is 0 Å². The summed E-state index contributed by atoms with van der Waals surface area (Å²) >= 11 is 3.50. The zero-order valence-electron chi connectivity index (χ0n) is 9.23. The Morgan fingerprint density at radius 3 is 2.76 bits per heavy atom. The van der Waals surface area contributed by atoms with Crippen LogP contribution in [-0.2, 0) is 13.1 Å². The highest BCUT2D eigenvalue weighted by atomic mass is 79.9. The lowest BCUT2D eigenvalue weighted by Gasteiger charge is -2.06. The van der Waals surface area contributed by atoms with Gasteiger partial charge in [-0.25, -0.2) is 9.97 Å². The van der Waals surface area contributed by atoms with Crippen LogP contribution >= 0.6 is 15.9 Å². The van der Waals surface area contributed by atoms with Crippen molar-refractivity contribution in [2.45, 2.75) is 13.1 Å². The molecule has 2 aromatic rings. The summed E-state index contributed by atoms with van der Waals surface area (Å²) in [5.74, 6) is 1.20. The van der Waals surface area contributed by atoms with Crippen molar-refractivity contribution >= 4 is 21.7 Å². The molecule has 17 heavy (non-hydrogen) atoms. The summed E-state index contributed by atoms with van der Waals surface area (Å²) < 4.78 is 1.10. The molecule has 0 saturated carbocycles. The van der Waals surface area contributed by atoms with Crippen LogP contribution in [0.2, 0.25) is 0 Å². The van der Waals surface area contributed by atoms with Crippen LogP contribution in [0.15, 0.2) is 41.0 Å². The molecule has 0 unspecified atom stereocenters. The van der Waals surface area contributed by atoms with Crippen LogP contribution < -0.4 is 11.1 Å². The monoisotopic (exact) mass is 292 g/mol. The summed E-state index contributed by atoms with van der Waals surface area (Å²) in [5, 5.41) is 3.28. The fourth-order valence-electron chi connectivity index (χ4n) is 1.45. The van der Waals surface area contributed by atoms with Crippen molar-refractivity contribution < 1.29 is 0 Å². The van der Waals surface area contributed by atoms with Gasteiger partial charge in [0.05, 0.1) is 6.54 Å². The van der Waals surface area contributed by atoms with E-state index in [2.05, 4.69) is 37.3 Å². The first-order valence-corrected chi connectivity index (χ1v) is 6.06. The summed E-state index contributed by atoms with van der Waals surface area (Å²) in [6.07, 6.45) is 1.66. The Balaban J connectivity index is 1.90. The lowest BCUT2D eigenvalue weighted by molar-refractivity contribution is 0.662. The molecule has 0 bridgehead atoms. The third-order valence-electron chi connectivity index (χ3n) is 2.28. The zero-order valence-corrected chi connectivity index (χ0v) is 10.8. The van der Waals surface area contributed by atoms with Gasteiger partial charge in [0.25, 0.3) is 0 Å². The Hall–Kier alpha value is -1.46. The third kappa shape index (κ3) is 3.51. The molecule has 1 aromatic carbocycles. The van der Waals surface area contributed by atoms with Crippen LogP contribution in [0, 0.1) is 0 Å². The van der Waals surface area contributed by atoms with Crippen LogP contribution in [0.25, 0.3) is 0 Å². The maximum absolute atomic E-state index is 5.58. The van der Waals surface area contributed by atoms with E-state index >= 15 is 0 Å². The number of rotatable bonds is 4. The summed E-state index contributed by atoms with van der Waals surface area (Å²) in [5.41, 5.74) is 6.78. The van der Waals surface area contributed by atoms with E-state index in [0.717, 1.165) is 11.0 Å². The van der Waals surface area contributed by atoms with Crippen molar-refractivity contribution in [3.63, 3.8) is 0 Å². The molecular weight excluding hydrogens is 280 g/mol. The fraction of sp³-hybridized carbons (Fsp3) is 0.167. The predicted molar refractivity (Wildman–Crippen MR) is 71.1 cm³/mol. The van der Waals surface area contributed by atoms with E-state index in [0.29, 0.717) is 18.2 Å². The van der Waals surface area contributed by atoms with Gasteiger partial charge in [-0.1, -0.05) is 34.1 Å². The highest BCUT2D eigenvalue weighted by Crippen LogP contribution is 2.15. The van der Waals surface area contributed by atoms with Crippen molar-refractivity contribution in [1.82, 2.24) is 15.3 Å². The van der Waals surface area contributed by atoms with Gasteiger partial charge >= 0.3 is 0 Å². The Labute approximate surface area is 108 Å². The molecule has 0 spiro atoms. The Bertz CT molecular complexity index is 501. The van der Waals surface area contributed by atoms with Crippen molar-refractivity contribution in [1.29, 1.82) is 0 Å². The first-order chi connectivity index (χ1) is 8.25. The normalized spacial score (nSPS) is 10.4. The van der Waals surface area contributed by atoms with Crippen LogP contribution in [-0.4, -0.2) is 9.97 Å². The standard InChI is InChI=1S/C12H13BrN4/c13-10-4-2-1-3-9(10)7-15-8-12-16-6-5-11(14)17-12/h1-6,15H,7-8H2,(H2,14,16,17). The summed E-state index contributed by atoms with van der Waals surface area (Å²) in [6, 6.07) is 9.77. The summed E-state index contributed by atoms with van der Waals surface area (Å²) in [6.45, 7) is 1.37. The number of hydrogen-bond donors (Lipinski definition) is 2. The number of halogens is 1. The molecule has 0 radical (unpaired) electrons. The minimum atomic E-state index is 0.498. The van der Waals surface area contributed by atoms with E-state index < -0.39 is 0 Å². The molecule has 0 fully saturated rings. The third-order valence-corrected chi connectivity index (χ3v) is 3.06. The van der Waals surface area contributed by atoms with Crippen LogP contribution in [0.5, 0.6) is 0 Å². The van der Waals surface area contributed by atoms with E-state index in [1.807, 2.05) is 18.2 Å². The lowest BCUT2D eigenvalue weighted by atomic mass is 10.2. The lowest BCUT2D eigenvalue weighted by Crippen LogP contribution is -2.15. The molecule has 4 nitrogen and oxygen atoms in total. The van der Waals surface area contributed by atoms with Crippen molar-refractivity contribution in [2.24, 2.45) is 0 Å². The SMILES string of the molecule is Nc1ccnc(CNCc2ccccc2Br)n1. The van der Waals surface area contributed by atoms with Gasteiger partial charge in [-0.3, -0.25) is 0 Å². The topological polar surface area (TPSA) is 63.8 Å². The zero-order chi connectivity index (χ0) is 12.1. The molecule has 88 valence electrons. The number of anilines is 1. The number of aromatic nitrogens is 2. The van der Waals surface area contributed by atoms with Gasteiger partial charge in [0.1, 0.15) is 11.6 Å². The highest BCUT2D eigenvalue weighted by Gasteiger charge is 1.99. The number of nitrogen functional groups attached to an aromatic ring is 1. The molecule has 0 amide bonds. The Morgan fingerprint density at radius 2 is 2.00 bits per heavy atom. The molecular formula is C12H13BrN4. The van der Waals surface area contributed by atoms with Gasteiger partial charge in [0, 0.05) is 17.2 Å². The van der Waals surface area contributed by atoms with E-state index in [4.69, 9.17) is 5.73 Å². The fourth-order valence-corrected chi connectivity index (χ4v) is 1.88. The van der Waals surface area contributed by atoms with Gasteiger partial charge in [-0.2, -0.15) is 0 Å². The molecule has 0 aliphatic heterocycles. The number of benzene rings is 1. The van der Waals surface area contributed by atoms with Crippen molar-refractivity contribution in [3.05, 3.63) is 52.4 Å². The van der Waals surface area contributed by atoms with E-state index in [1.54, 1.807) is 12.3 Å². The van der Waals surface area contributed by atoms with Gasteiger partial charge in [-0.15, -0.1) is 0 Å².